The summed E-state index contributed by atoms with van der Waals surface area (Å²) >= 11 is 5.93. The van der Waals surface area contributed by atoms with Gasteiger partial charge < -0.3 is 5.73 Å². The number of halogens is 1. The fourth-order valence-corrected chi connectivity index (χ4v) is 2.24. The number of nitrogens with two attached hydrogens (primary N) is 1. The van der Waals surface area contributed by atoms with Crippen LogP contribution in [0, 0.1) is 6.92 Å². The van der Waals surface area contributed by atoms with Gasteiger partial charge in [0, 0.05) is 0 Å². The molecule has 0 aliphatic heterocycles. The Morgan fingerprint density at radius 3 is 2.80 bits per heavy atom. The molecule has 3 rings (SSSR count). The third-order valence-electron chi connectivity index (χ3n) is 2.98. The Morgan fingerprint density at radius 2 is 2.10 bits per heavy atom. The van der Waals surface area contributed by atoms with Crippen molar-refractivity contribution in [3.05, 3.63) is 52.8 Å². The monoisotopic (exact) mass is 286 g/mol. The van der Waals surface area contributed by atoms with Gasteiger partial charge in [0.25, 0.3) is 5.91 Å². The lowest BCUT2D eigenvalue weighted by atomic mass is 10.2. The SMILES string of the molecule is Cc1cccc(-n2nc(C(N)=O)c3ccc(Cl)nc32)c1. The molecule has 1 aromatic carbocycles. The lowest BCUT2D eigenvalue weighted by Gasteiger charge is -2.03. The predicted octanol–water partition coefficient (Wildman–Crippen LogP) is 2.48. The van der Waals surface area contributed by atoms with Crippen LogP contribution in [0.5, 0.6) is 0 Å². The van der Waals surface area contributed by atoms with Crippen LogP contribution in [0.2, 0.25) is 5.15 Å². The zero-order valence-corrected chi connectivity index (χ0v) is 11.4. The second kappa shape index (κ2) is 4.61. The van der Waals surface area contributed by atoms with Crippen LogP contribution in [0.1, 0.15) is 16.1 Å². The van der Waals surface area contributed by atoms with E-state index >= 15 is 0 Å². The van der Waals surface area contributed by atoms with Gasteiger partial charge in [-0.3, -0.25) is 4.79 Å². The lowest BCUT2D eigenvalue weighted by Crippen LogP contribution is -2.12. The molecule has 100 valence electrons. The van der Waals surface area contributed by atoms with Gasteiger partial charge >= 0.3 is 0 Å². The van der Waals surface area contributed by atoms with E-state index in [-0.39, 0.29) is 5.69 Å². The van der Waals surface area contributed by atoms with Crippen molar-refractivity contribution in [3.63, 3.8) is 0 Å². The molecule has 0 radical (unpaired) electrons. The van der Waals surface area contributed by atoms with Gasteiger partial charge in [0.1, 0.15) is 5.15 Å². The van der Waals surface area contributed by atoms with E-state index in [9.17, 15) is 4.79 Å². The average Bonchev–Trinajstić information content (AvgIpc) is 2.77. The van der Waals surface area contributed by atoms with Crippen LogP contribution in [0.25, 0.3) is 16.7 Å². The van der Waals surface area contributed by atoms with E-state index < -0.39 is 5.91 Å². The van der Waals surface area contributed by atoms with Gasteiger partial charge in [0.2, 0.25) is 0 Å². The van der Waals surface area contributed by atoms with Crippen LogP contribution >= 0.6 is 11.6 Å². The Labute approximate surface area is 120 Å². The van der Waals surface area contributed by atoms with Crippen molar-refractivity contribution in [2.75, 3.05) is 0 Å². The third kappa shape index (κ3) is 2.02. The summed E-state index contributed by atoms with van der Waals surface area (Å²) in [6, 6.07) is 11.0. The second-order valence-electron chi connectivity index (χ2n) is 4.47. The second-order valence-corrected chi connectivity index (χ2v) is 4.86. The van der Waals surface area contributed by atoms with Crippen LogP contribution in [-0.4, -0.2) is 20.7 Å². The van der Waals surface area contributed by atoms with Crippen LogP contribution < -0.4 is 5.73 Å². The molecule has 2 heterocycles. The smallest absolute Gasteiger partial charge is 0.269 e. The Balaban J connectivity index is 2.35. The van der Waals surface area contributed by atoms with Crippen molar-refractivity contribution >= 4 is 28.5 Å². The number of pyridine rings is 1. The van der Waals surface area contributed by atoms with E-state index in [1.54, 1.807) is 16.8 Å². The highest BCUT2D eigenvalue weighted by atomic mass is 35.5. The zero-order valence-electron chi connectivity index (χ0n) is 10.7. The number of aromatic nitrogens is 3. The standard InChI is InChI=1S/C14H11ClN4O/c1-8-3-2-4-9(7-8)19-14-10(5-6-11(15)17-14)12(18-19)13(16)20/h2-7H,1H3,(H2,16,20). The Morgan fingerprint density at radius 1 is 1.30 bits per heavy atom. The van der Waals surface area contributed by atoms with Crippen molar-refractivity contribution in [2.24, 2.45) is 5.73 Å². The summed E-state index contributed by atoms with van der Waals surface area (Å²) in [5.74, 6) is -0.592. The summed E-state index contributed by atoms with van der Waals surface area (Å²) in [6.07, 6.45) is 0. The zero-order chi connectivity index (χ0) is 14.3. The van der Waals surface area contributed by atoms with E-state index in [0.29, 0.717) is 16.2 Å². The minimum atomic E-state index is -0.592. The molecule has 1 amide bonds. The number of carbonyl (C=O) groups excluding carboxylic acids is 1. The first-order valence-electron chi connectivity index (χ1n) is 5.98. The summed E-state index contributed by atoms with van der Waals surface area (Å²) < 4.78 is 1.58. The molecule has 2 aromatic heterocycles. The lowest BCUT2D eigenvalue weighted by molar-refractivity contribution is 0.0996. The van der Waals surface area contributed by atoms with E-state index in [1.807, 2.05) is 31.2 Å². The number of hydrogen-bond acceptors (Lipinski definition) is 3. The number of nitrogens with zero attached hydrogens (tertiary/aromatic N) is 3. The van der Waals surface area contributed by atoms with Gasteiger partial charge in [0.05, 0.1) is 11.1 Å². The molecule has 0 atom stereocenters. The molecule has 5 nitrogen and oxygen atoms in total. The number of primary amides is 1. The maximum Gasteiger partial charge on any atom is 0.269 e. The van der Waals surface area contributed by atoms with Gasteiger partial charge in [-0.05, 0) is 36.8 Å². The normalized spacial score (nSPS) is 10.9. The molecule has 3 aromatic rings. The first kappa shape index (κ1) is 12.6. The van der Waals surface area contributed by atoms with E-state index in [2.05, 4.69) is 10.1 Å². The Kier molecular flexibility index (Phi) is 2.91. The number of hydrogen-bond donors (Lipinski definition) is 1. The molecule has 6 heteroatoms. The quantitative estimate of drug-likeness (QED) is 0.736. The first-order valence-corrected chi connectivity index (χ1v) is 6.36. The Bertz CT molecular complexity index is 825. The molecular weight excluding hydrogens is 276 g/mol. The predicted molar refractivity (Wildman–Crippen MR) is 77.1 cm³/mol. The minimum Gasteiger partial charge on any atom is -0.364 e. The van der Waals surface area contributed by atoms with Gasteiger partial charge in [-0.15, -0.1) is 0 Å². The van der Waals surface area contributed by atoms with E-state index in [0.717, 1.165) is 11.3 Å². The molecule has 0 spiro atoms. The number of benzene rings is 1. The Hall–Kier alpha value is -2.40. The van der Waals surface area contributed by atoms with Crippen molar-refractivity contribution in [3.8, 4) is 5.69 Å². The number of carbonyl (C=O) groups is 1. The van der Waals surface area contributed by atoms with Gasteiger partial charge in [-0.1, -0.05) is 23.7 Å². The highest BCUT2D eigenvalue weighted by molar-refractivity contribution is 6.29. The van der Waals surface area contributed by atoms with Crippen LogP contribution in [0.4, 0.5) is 0 Å². The van der Waals surface area contributed by atoms with Gasteiger partial charge in [0.15, 0.2) is 11.3 Å². The van der Waals surface area contributed by atoms with Crippen molar-refractivity contribution in [1.29, 1.82) is 0 Å². The molecule has 20 heavy (non-hydrogen) atoms. The summed E-state index contributed by atoms with van der Waals surface area (Å²) in [6.45, 7) is 1.98. The minimum absolute atomic E-state index is 0.186. The fraction of sp³-hybridized carbons (Fsp3) is 0.0714. The molecule has 0 saturated heterocycles. The van der Waals surface area contributed by atoms with Crippen LogP contribution in [0.15, 0.2) is 36.4 Å². The largest absolute Gasteiger partial charge is 0.364 e. The van der Waals surface area contributed by atoms with Crippen molar-refractivity contribution in [1.82, 2.24) is 14.8 Å². The molecule has 0 aliphatic rings. The summed E-state index contributed by atoms with van der Waals surface area (Å²) in [4.78, 5) is 15.7. The summed E-state index contributed by atoms with van der Waals surface area (Å²) in [5, 5.41) is 5.18. The molecule has 0 saturated carbocycles. The maximum absolute atomic E-state index is 11.5. The summed E-state index contributed by atoms with van der Waals surface area (Å²) in [7, 11) is 0. The molecular formula is C14H11ClN4O. The average molecular weight is 287 g/mol. The molecule has 0 fully saturated rings. The number of fused-ring (bicyclic) bond motifs is 1. The van der Waals surface area contributed by atoms with E-state index in [4.69, 9.17) is 17.3 Å². The summed E-state index contributed by atoms with van der Waals surface area (Å²) in [5.41, 5.74) is 7.94. The highest BCUT2D eigenvalue weighted by Gasteiger charge is 2.17. The van der Waals surface area contributed by atoms with Gasteiger partial charge in [-0.2, -0.15) is 5.10 Å². The van der Waals surface area contributed by atoms with Crippen LogP contribution in [-0.2, 0) is 0 Å². The van der Waals surface area contributed by atoms with Crippen molar-refractivity contribution in [2.45, 2.75) is 6.92 Å². The molecule has 0 unspecified atom stereocenters. The topological polar surface area (TPSA) is 73.8 Å². The maximum atomic E-state index is 11.5. The van der Waals surface area contributed by atoms with E-state index in [1.165, 1.54) is 0 Å². The first-order chi connectivity index (χ1) is 9.56. The van der Waals surface area contributed by atoms with Crippen molar-refractivity contribution < 1.29 is 4.79 Å². The number of amides is 1. The number of aryl methyl sites for hydroxylation is 1. The number of rotatable bonds is 2. The van der Waals surface area contributed by atoms with Crippen LogP contribution in [0.3, 0.4) is 0 Å². The molecule has 0 aliphatic carbocycles. The van der Waals surface area contributed by atoms with Gasteiger partial charge in [-0.25, -0.2) is 9.67 Å². The molecule has 2 N–H and O–H groups in total. The molecule has 0 bridgehead atoms. The highest BCUT2D eigenvalue weighted by Crippen LogP contribution is 2.22. The fourth-order valence-electron chi connectivity index (χ4n) is 2.09. The third-order valence-corrected chi connectivity index (χ3v) is 3.19.